The van der Waals surface area contributed by atoms with Crippen molar-refractivity contribution in [2.75, 3.05) is 33.4 Å². The zero-order chi connectivity index (χ0) is 10.6. The van der Waals surface area contributed by atoms with Crippen LogP contribution in [0.1, 0.15) is 20.8 Å². The second-order valence-corrected chi connectivity index (χ2v) is 4.53. The predicted molar refractivity (Wildman–Crippen MR) is 59.5 cm³/mol. The van der Waals surface area contributed by atoms with Crippen LogP contribution in [0.3, 0.4) is 0 Å². The molecule has 1 saturated heterocycles. The lowest BCUT2D eigenvalue weighted by Gasteiger charge is -2.41. The summed E-state index contributed by atoms with van der Waals surface area (Å²) < 4.78 is 5.46. The number of nitrogens with zero attached hydrogens (tertiary/aromatic N) is 1. The lowest BCUT2D eigenvalue weighted by Crippen LogP contribution is -2.54. The van der Waals surface area contributed by atoms with Gasteiger partial charge in [-0.25, -0.2) is 0 Å². The highest BCUT2D eigenvalue weighted by Gasteiger charge is 2.27. The normalized spacial score (nSPS) is 26.8. The summed E-state index contributed by atoms with van der Waals surface area (Å²) in [6.45, 7) is 10.8. The molecule has 2 atom stereocenters. The number of likely N-dealkylation sites (N-methyl/N-ethyl adjacent to an activating group) is 1. The molecule has 0 bridgehead atoms. The SMILES string of the molecule is CNCC(C(C)C)N1CCOCC1C. The van der Waals surface area contributed by atoms with E-state index in [1.807, 2.05) is 7.05 Å². The largest absolute Gasteiger partial charge is 0.379 e. The van der Waals surface area contributed by atoms with E-state index in [0.29, 0.717) is 18.0 Å². The molecule has 0 aromatic carbocycles. The first kappa shape index (κ1) is 12.0. The van der Waals surface area contributed by atoms with Crippen molar-refractivity contribution in [1.82, 2.24) is 10.2 Å². The van der Waals surface area contributed by atoms with Crippen molar-refractivity contribution >= 4 is 0 Å². The third kappa shape index (κ3) is 2.94. The van der Waals surface area contributed by atoms with Gasteiger partial charge in [0, 0.05) is 25.2 Å². The van der Waals surface area contributed by atoms with Crippen LogP contribution in [-0.4, -0.2) is 50.3 Å². The first-order chi connectivity index (χ1) is 6.66. The molecule has 1 aliphatic heterocycles. The summed E-state index contributed by atoms with van der Waals surface area (Å²) in [6.07, 6.45) is 0. The van der Waals surface area contributed by atoms with E-state index in [0.717, 1.165) is 26.3 Å². The number of nitrogens with one attached hydrogen (secondary N) is 1. The summed E-state index contributed by atoms with van der Waals surface area (Å²) in [6, 6.07) is 1.20. The van der Waals surface area contributed by atoms with Crippen molar-refractivity contribution < 1.29 is 4.74 Å². The Hall–Kier alpha value is -0.120. The van der Waals surface area contributed by atoms with Gasteiger partial charge in [0.1, 0.15) is 0 Å². The quantitative estimate of drug-likeness (QED) is 0.731. The van der Waals surface area contributed by atoms with Crippen LogP contribution in [0.15, 0.2) is 0 Å². The minimum atomic E-state index is 0.560. The molecule has 1 aliphatic rings. The molecule has 84 valence electrons. The highest BCUT2D eigenvalue weighted by atomic mass is 16.5. The van der Waals surface area contributed by atoms with Crippen LogP contribution >= 0.6 is 0 Å². The maximum Gasteiger partial charge on any atom is 0.0619 e. The number of hydrogen-bond donors (Lipinski definition) is 1. The Bertz CT molecular complexity index is 159. The van der Waals surface area contributed by atoms with E-state index in [1.165, 1.54) is 0 Å². The van der Waals surface area contributed by atoms with Crippen LogP contribution < -0.4 is 5.32 Å². The Morgan fingerprint density at radius 1 is 1.50 bits per heavy atom. The van der Waals surface area contributed by atoms with E-state index in [-0.39, 0.29) is 0 Å². The van der Waals surface area contributed by atoms with E-state index in [1.54, 1.807) is 0 Å². The van der Waals surface area contributed by atoms with Gasteiger partial charge in [-0.2, -0.15) is 0 Å². The Kier molecular flexibility index (Phi) is 4.85. The van der Waals surface area contributed by atoms with Crippen molar-refractivity contribution in [2.24, 2.45) is 5.92 Å². The first-order valence-electron chi connectivity index (χ1n) is 5.65. The van der Waals surface area contributed by atoms with Crippen molar-refractivity contribution in [1.29, 1.82) is 0 Å². The lowest BCUT2D eigenvalue weighted by atomic mass is 10.0. The fourth-order valence-electron chi connectivity index (χ4n) is 2.18. The zero-order valence-corrected chi connectivity index (χ0v) is 9.92. The molecule has 0 amide bonds. The summed E-state index contributed by atoms with van der Waals surface area (Å²) in [4.78, 5) is 2.57. The predicted octanol–water partition coefficient (Wildman–Crippen LogP) is 0.951. The average molecular weight is 200 g/mol. The van der Waals surface area contributed by atoms with E-state index in [2.05, 4.69) is 31.0 Å². The summed E-state index contributed by atoms with van der Waals surface area (Å²) in [5.41, 5.74) is 0. The monoisotopic (exact) mass is 200 g/mol. The topological polar surface area (TPSA) is 24.5 Å². The summed E-state index contributed by atoms with van der Waals surface area (Å²) in [7, 11) is 2.03. The van der Waals surface area contributed by atoms with Crippen LogP contribution in [0.4, 0.5) is 0 Å². The van der Waals surface area contributed by atoms with E-state index in [9.17, 15) is 0 Å². The second-order valence-electron chi connectivity index (χ2n) is 4.53. The van der Waals surface area contributed by atoms with Crippen LogP contribution in [-0.2, 0) is 4.74 Å². The molecule has 0 aliphatic carbocycles. The van der Waals surface area contributed by atoms with Gasteiger partial charge in [-0.3, -0.25) is 4.90 Å². The summed E-state index contributed by atoms with van der Waals surface area (Å²) in [5.74, 6) is 0.697. The number of morpholine rings is 1. The number of rotatable bonds is 4. The van der Waals surface area contributed by atoms with Crippen LogP contribution in [0.5, 0.6) is 0 Å². The molecule has 1 N–H and O–H groups in total. The number of hydrogen-bond acceptors (Lipinski definition) is 3. The van der Waals surface area contributed by atoms with Gasteiger partial charge in [0.25, 0.3) is 0 Å². The van der Waals surface area contributed by atoms with Gasteiger partial charge in [0.2, 0.25) is 0 Å². The molecule has 0 aromatic rings. The fraction of sp³-hybridized carbons (Fsp3) is 1.00. The molecule has 14 heavy (non-hydrogen) atoms. The van der Waals surface area contributed by atoms with Crippen LogP contribution in [0, 0.1) is 5.92 Å². The minimum Gasteiger partial charge on any atom is -0.379 e. The van der Waals surface area contributed by atoms with Crippen molar-refractivity contribution in [3.63, 3.8) is 0 Å². The maximum atomic E-state index is 5.46. The average Bonchev–Trinajstić information content (AvgIpc) is 2.15. The molecule has 1 fully saturated rings. The zero-order valence-electron chi connectivity index (χ0n) is 9.92. The molecular weight excluding hydrogens is 176 g/mol. The standard InChI is InChI=1S/C11H24N2O/c1-9(2)11(7-12-4)13-5-6-14-8-10(13)3/h9-12H,5-8H2,1-4H3. The van der Waals surface area contributed by atoms with Crippen LogP contribution in [0.25, 0.3) is 0 Å². The van der Waals surface area contributed by atoms with Crippen molar-refractivity contribution in [3.05, 3.63) is 0 Å². The third-order valence-corrected chi connectivity index (χ3v) is 3.03. The maximum absolute atomic E-state index is 5.46. The molecule has 0 saturated carbocycles. The van der Waals surface area contributed by atoms with E-state index >= 15 is 0 Å². The van der Waals surface area contributed by atoms with Gasteiger partial charge in [-0.1, -0.05) is 13.8 Å². The fourth-order valence-corrected chi connectivity index (χ4v) is 2.18. The Morgan fingerprint density at radius 3 is 2.71 bits per heavy atom. The summed E-state index contributed by atoms with van der Waals surface area (Å²) in [5, 5.41) is 3.28. The van der Waals surface area contributed by atoms with Crippen molar-refractivity contribution in [2.45, 2.75) is 32.9 Å². The van der Waals surface area contributed by atoms with Gasteiger partial charge in [-0.15, -0.1) is 0 Å². The Balaban J connectivity index is 2.55. The van der Waals surface area contributed by atoms with Gasteiger partial charge in [0.15, 0.2) is 0 Å². The molecule has 0 spiro atoms. The Morgan fingerprint density at radius 2 is 2.21 bits per heavy atom. The van der Waals surface area contributed by atoms with E-state index in [4.69, 9.17) is 4.74 Å². The highest BCUT2D eigenvalue weighted by molar-refractivity contribution is 4.82. The third-order valence-electron chi connectivity index (χ3n) is 3.03. The van der Waals surface area contributed by atoms with E-state index < -0.39 is 0 Å². The minimum absolute atomic E-state index is 0.560. The molecular formula is C11H24N2O. The molecule has 1 heterocycles. The van der Waals surface area contributed by atoms with Gasteiger partial charge >= 0.3 is 0 Å². The Labute approximate surface area is 87.8 Å². The molecule has 2 unspecified atom stereocenters. The molecule has 1 rings (SSSR count). The summed E-state index contributed by atoms with van der Waals surface area (Å²) >= 11 is 0. The van der Waals surface area contributed by atoms with Gasteiger partial charge in [0.05, 0.1) is 13.2 Å². The highest BCUT2D eigenvalue weighted by Crippen LogP contribution is 2.16. The van der Waals surface area contributed by atoms with Crippen LogP contribution in [0.2, 0.25) is 0 Å². The smallest absolute Gasteiger partial charge is 0.0619 e. The van der Waals surface area contributed by atoms with Crippen molar-refractivity contribution in [3.8, 4) is 0 Å². The number of ether oxygens (including phenoxy) is 1. The molecule has 0 radical (unpaired) electrons. The van der Waals surface area contributed by atoms with Gasteiger partial charge in [-0.05, 0) is 19.9 Å². The lowest BCUT2D eigenvalue weighted by molar-refractivity contribution is -0.0307. The molecule has 3 nitrogen and oxygen atoms in total. The molecule has 3 heteroatoms. The first-order valence-corrected chi connectivity index (χ1v) is 5.65. The second kappa shape index (κ2) is 5.69. The van der Waals surface area contributed by atoms with Gasteiger partial charge < -0.3 is 10.1 Å². The molecule has 0 aromatic heterocycles.